The molecule has 1 aliphatic carbocycles. The second-order valence-electron chi connectivity index (χ2n) is 14.3. The fourth-order valence-corrected chi connectivity index (χ4v) is 6.99. The largest absolute Gasteiger partial charge is 0.0616 e. The highest BCUT2D eigenvalue weighted by Crippen LogP contribution is 2.51. The zero-order valence-electron chi connectivity index (χ0n) is 25.4. The monoisotopic (exact) mass is 540 g/mol. The lowest BCUT2D eigenvalue weighted by molar-refractivity contribution is 0.569. The van der Waals surface area contributed by atoms with E-state index in [1.165, 1.54) is 87.6 Å². The van der Waals surface area contributed by atoms with Crippen molar-refractivity contribution in [3.63, 3.8) is 0 Å². The molecule has 0 heterocycles. The van der Waals surface area contributed by atoms with Gasteiger partial charge in [0.05, 0.1) is 0 Å². The van der Waals surface area contributed by atoms with E-state index in [4.69, 9.17) is 0 Å². The van der Waals surface area contributed by atoms with Gasteiger partial charge in [0.25, 0.3) is 0 Å². The summed E-state index contributed by atoms with van der Waals surface area (Å²) >= 11 is 0. The van der Waals surface area contributed by atoms with Gasteiger partial charge in [-0.25, -0.2) is 0 Å². The summed E-state index contributed by atoms with van der Waals surface area (Å²) in [5.41, 5.74) is 10.9. The summed E-state index contributed by atoms with van der Waals surface area (Å²) in [5, 5.41) is 10.6. The normalized spacial score (nSPS) is 13.0. The molecule has 0 aromatic heterocycles. The van der Waals surface area contributed by atoms with Crippen LogP contribution in [-0.2, 0) is 10.8 Å². The molecule has 0 saturated heterocycles. The fourth-order valence-electron chi connectivity index (χ4n) is 6.99. The fraction of sp³-hybridized carbons (Fsp3) is 0.190. The third kappa shape index (κ3) is 3.75. The van der Waals surface area contributed by atoms with Crippen molar-refractivity contribution in [3.05, 3.63) is 120 Å². The molecular weight excluding hydrogens is 504 g/mol. The van der Waals surface area contributed by atoms with E-state index in [9.17, 15) is 0 Å². The molecule has 0 bridgehead atoms. The Kier molecular flexibility index (Phi) is 5.15. The van der Waals surface area contributed by atoms with E-state index in [1.807, 2.05) is 0 Å². The summed E-state index contributed by atoms with van der Waals surface area (Å²) in [6.45, 7) is 13.9. The number of hydrogen-bond acceptors (Lipinski definition) is 0. The van der Waals surface area contributed by atoms with Gasteiger partial charge in [0.15, 0.2) is 0 Å². The summed E-state index contributed by atoms with van der Waals surface area (Å²) < 4.78 is 0. The Morgan fingerprint density at radius 1 is 0.357 bits per heavy atom. The summed E-state index contributed by atoms with van der Waals surface area (Å²) in [6.07, 6.45) is 0. The van der Waals surface area contributed by atoms with Crippen molar-refractivity contribution >= 4 is 43.1 Å². The maximum Gasteiger partial charge on any atom is -0.00199 e. The van der Waals surface area contributed by atoms with Crippen LogP contribution in [0.5, 0.6) is 0 Å². The molecule has 0 heteroatoms. The van der Waals surface area contributed by atoms with Crippen LogP contribution < -0.4 is 0 Å². The van der Waals surface area contributed by atoms with Crippen LogP contribution in [0, 0.1) is 0 Å². The lowest BCUT2D eigenvalue weighted by atomic mass is 9.79. The number of hydrogen-bond donors (Lipinski definition) is 0. The third-order valence-electron chi connectivity index (χ3n) is 9.44. The number of rotatable bonds is 1. The maximum absolute atomic E-state index is 2.45. The lowest BCUT2D eigenvalue weighted by Crippen LogP contribution is -2.16. The number of fused-ring (bicyclic) bond motifs is 8. The van der Waals surface area contributed by atoms with E-state index in [0.717, 1.165) is 0 Å². The van der Waals surface area contributed by atoms with Crippen molar-refractivity contribution in [2.75, 3.05) is 0 Å². The Balaban J connectivity index is 1.37. The predicted molar refractivity (Wildman–Crippen MR) is 184 cm³/mol. The minimum atomic E-state index is 0.0884. The smallest absolute Gasteiger partial charge is 0.00199 e. The molecule has 0 fully saturated rings. The van der Waals surface area contributed by atoms with Gasteiger partial charge in [-0.15, -0.1) is 0 Å². The first-order valence-electron chi connectivity index (χ1n) is 15.2. The highest BCUT2D eigenvalue weighted by molar-refractivity contribution is 6.27. The second-order valence-corrected chi connectivity index (χ2v) is 14.3. The van der Waals surface area contributed by atoms with Crippen LogP contribution in [0.2, 0.25) is 0 Å². The van der Waals surface area contributed by atoms with Crippen molar-refractivity contribution in [2.24, 2.45) is 0 Å². The highest BCUT2D eigenvalue weighted by Gasteiger charge is 2.25. The summed E-state index contributed by atoms with van der Waals surface area (Å²) in [7, 11) is 0. The predicted octanol–water partition coefficient (Wildman–Crippen LogP) is 12.2. The Bertz CT molecular complexity index is 2210. The van der Waals surface area contributed by atoms with Gasteiger partial charge in [-0.2, -0.15) is 0 Å². The van der Waals surface area contributed by atoms with Gasteiger partial charge < -0.3 is 0 Å². The Hall–Kier alpha value is -4.42. The molecule has 0 aliphatic heterocycles. The zero-order valence-corrected chi connectivity index (χ0v) is 25.4. The van der Waals surface area contributed by atoms with Crippen molar-refractivity contribution < 1.29 is 0 Å². The van der Waals surface area contributed by atoms with Gasteiger partial charge in [0, 0.05) is 0 Å². The molecule has 0 unspecified atom stereocenters. The quantitative estimate of drug-likeness (QED) is 0.182. The Morgan fingerprint density at radius 2 is 1.02 bits per heavy atom. The lowest BCUT2D eigenvalue weighted by Gasteiger charge is -2.26. The molecule has 1 aliphatic rings. The first kappa shape index (κ1) is 25.3. The molecule has 0 spiro atoms. The molecule has 7 aromatic rings. The van der Waals surface area contributed by atoms with Crippen molar-refractivity contribution in [1.29, 1.82) is 0 Å². The van der Waals surface area contributed by atoms with Crippen LogP contribution in [0.3, 0.4) is 0 Å². The van der Waals surface area contributed by atoms with Crippen LogP contribution in [0.4, 0.5) is 0 Å². The molecule has 0 atom stereocenters. The molecule has 0 N–H and O–H groups in total. The van der Waals surface area contributed by atoms with Crippen molar-refractivity contribution in [1.82, 2.24) is 0 Å². The van der Waals surface area contributed by atoms with Gasteiger partial charge in [0.2, 0.25) is 0 Å². The summed E-state index contributed by atoms with van der Waals surface area (Å²) in [4.78, 5) is 0. The van der Waals surface area contributed by atoms with Crippen LogP contribution in [-0.4, -0.2) is 0 Å². The van der Waals surface area contributed by atoms with E-state index in [0.29, 0.717) is 0 Å². The minimum absolute atomic E-state index is 0.0884. The molecule has 8 rings (SSSR count). The summed E-state index contributed by atoms with van der Waals surface area (Å²) in [5.74, 6) is 0. The van der Waals surface area contributed by atoms with Crippen LogP contribution in [0.1, 0.15) is 52.7 Å². The molecule has 204 valence electrons. The average molecular weight is 541 g/mol. The molecule has 7 aromatic carbocycles. The molecule has 42 heavy (non-hydrogen) atoms. The van der Waals surface area contributed by atoms with Gasteiger partial charge in [-0.05, 0) is 123 Å². The first-order valence-corrected chi connectivity index (χ1v) is 15.2. The SMILES string of the molecule is CC(C)(C)c1cc(-c2ccc3cc4c(cc3c2)-c2cc3c5ccccc5ccc3c3cccc-4c23)cc(C(C)(C)C)c1. The first-order chi connectivity index (χ1) is 20.1. The van der Waals surface area contributed by atoms with Gasteiger partial charge in [-0.3, -0.25) is 0 Å². The molecule has 0 radical (unpaired) electrons. The summed E-state index contributed by atoms with van der Waals surface area (Å²) in [6, 6.07) is 41.7. The second kappa shape index (κ2) is 8.55. The van der Waals surface area contributed by atoms with Crippen molar-refractivity contribution in [3.8, 4) is 33.4 Å². The van der Waals surface area contributed by atoms with Crippen LogP contribution >= 0.6 is 0 Å². The zero-order chi connectivity index (χ0) is 29.0. The van der Waals surface area contributed by atoms with Crippen LogP contribution in [0.25, 0.3) is 76.5 Å². The van der Waals surface area contributed by atoms with E-state index in [2.05, 4.69) is 151 Å². The van der Waals surface area contributed by atoms with Crippen molar-refractivity contribution in [2.45, 2.75) is 52.4 Å². The van der Waals surface area contributed by atoms with Gasteiger partial charge in [-0.1, -0.05) is 126 Å². The molecular formula is C42H36. The van der Waals surface area contributed by atoms with E-state index < -0.39 is 0 Å². The molecule has 0 nitrogen and oxygen atoms in total. The average Bonchev–Trinajstić information content (AvgIpc) is 3.28. The highest BCUT2D eigenvalue weighted by atomic mass is 14.3. The van der Waals surface area contributed by atoms with Gasteiger partial charge >= 0.3 is 0 Å². The Morgan fingerprint density at radius 3 is 1.79 bits per heavy atom. The minimum Gasteiger partial charge on any atom is -0.0616 e. The maximum atomic E-state index is 2.45. The topological polar surface area (TPSA) is 0 Å². The van der Waals surface area contributed by atoms with E-state index in [1.54, 1.807) is 0 Å². The third-order valence-corrected chi connectivity index (χ3v) is 9.44. The molecule has 0 amide bonds. The van der Waals surface area contributed by atoms with E-state index in [-0.39, 0.29) is 10.8 Å². The van der Waals surface area contributed by atoms with Crippen LogP contribution in [0.15, 0.2) is 109 Å². The standard InChI is InChI=1S/C42H36/c1-41(2,3)30-19-29(20-31(23-30)42(4,5)6)26-14-15-27-21-36-35-13-9-12-34-33-17-16-25-10-7-8-11-32(25)38(33)24-39(40(34)35)37(36)22-28(27)18-26/h7-24H,1-6H3. The molecule has 0 saturated carbocycles. The van der Waals surface area contributed by atoms with Gasteiger partial charge in [0.1, 0.15) is 0 Å². The Labute approximate surface area is 248 Å². The van der Waals surface area contributed by atoms with E-state index >= 15 is 0 Å². The number of benzene rings is 7.